The normalized spacial score (nSPS) is 11.2. The first-order chi connectivity index (χ1) is 10.5. The Bertz CT molecular complexity index is 714. The molecule has 2 amide bonds. The minimum Gasteiger partial charge on any atom is -0.306 e. The van der Waals surface area contributed by atoms with Gasteiger partial charge in [-0.25, -0.2) is 14.6 Å². The molecule has 2 aromatic carbocycles. The molecule has 4 nitrogen and oxygen atoms in total. The maximum atomic E-state index is 13.0. The van der Waals surface area contributed by atoms with Crippen molar-refractivity contribution >= 4 is 29.0 Å². The predicted molar refractivity (Wildman–Crippen MR) is 87.0 cm³/mol. The third-order valence-corrected chi connectivity index (χ3v) is 3.26. The first-order valence-electron chi connectivity index (χ1n) is 6.59. The quantitative estimate of drug-likeness (QED) is 0.642. The summed E-state index contributed by atoms with van der Waals surface area (Å²) in [6.07, 6.45) is 0. The highest BCUT2D eigenvalue weighted by molar-refractivity contribution is 6.31. The molecule has 2 aromatic rings. The van der Waals surface area contributed by atoms with Crippen LogP contribution in [-0.4, -0.2) is 11.7 Å². The molecular formula is C16H15ClFN3O. The number of amides is 2. The molecule has 0 aliphatic carbocycles. The van der Waals surface area contributed by atoms with E-state index in [4.69, 9.17) is 11.6 Å². The van der Waals surface area contributed by atoms with E-state index in [1.165, 1.54) is 18.2 Å². The molecule has 0 fully saturated rings. The van der Waals surface area contributed by atoms with E-state index >= 15 is 0 Å². The Morgan fingerprint density at radius 1 is 1.18 bits per heavy atom. The van der Waals surface area contributed by atoms with Gasteiger partial charge < -0.3 is 5.32 Å². The molecule has 0 bridgehead atoms. The number of carbonyl (C=O) groups excluding carboxylic acids is 1. The molecule has 0 heterocycles. The van der Waals surface area contributed by atoms with Crippen molar-refractivity contribution in [3.05, 3.63) is 64.4 Å². The minimum absolute atomic E-state index is 0.0582. The second-order valence-electron chi connectivity index (χ2n) is 4.76. The summed E-state index contributed by atoms with van der Waals surface area (Å²) in [6, 6.07) is 11.2. The average molecular weight is 320 g/mol. The summed E-state index contributed by atoms with van der Waals surface area (Å²) in [5.41, 5.74) is 5.50. The van der Waals surface area contributed by atoms with Crippen LogP contribution in [0.1, 0.15) is 18.1 Å². The topological polar surface area (TPSA) is 53.5 Å². The van der Waals surface area contributed by atoms with Crippen molar-refractivity contribution in [2.75, 3.05) is 5.32 Å². The van der Waals surface area contributed by atoms with Crippen molar-refractivity contribution in [3.63, 3.8) is 0 Å². The highest BCUT2D eigenvalue weighted by atomic mass is 35.5. The SMILES string of the molecule is C/C(=N\NC(=O)Nc1ccc(F)c(Cl)c1)c1ccc(C)cc1. The zero-order chi connectivity index (χ0) is 16.1. The summed E-state index contributed by atoms with van der Waals surface area (Å²) < 4.78 is 13.0. The van der Waals surface area contributed by atoms with Crippen molar-refractivity contribution in [1.82, 2.24) is 5.43 Å². The van der Waals surface area contributed by atoms with Gasteiger partial charge in [-0.2, -0.15) is 5.10 Å². The number of hydrogen-bond donors (Lipinski definition) is 2. The first kappa shape index (κ1) is 16.0. The molecule has 0 unspecified atom stereocenters. The Balaban J connectivity index is 1.98. The van der Waals surface area contributed by atoms with Crippen LogP contribution in [0, 0.1) is 12.7 Å². The Kier molecular flexibility index (Phi) is 5.12. The Labute approximate surface area is 133 Å². The number of rotatable bonds is 3. The van der Waals surface area contributed by atoms with Crippen molar-refractivity contribution in [3.8, 4) is 0 Å². The van der Waals surface area contributed by atoms with Crippen LogP contribution in [0.15, 0.2) is 47.6 Å². The Morgan fingerprint density at radius 3 is 2.50 bits per heavy atom. The number of hydrazone groups is 1. The molecule has 0 saturated heterocycles. The maximum absolute atomic E-state index is 13.0. The van der Waals surface area contributed by atoms with Gasteiger partial charge in [0.25, 0.3) is 0 Å². The van der Waals surface area contributed by atoms with Gasteiger partial charge in [-0.1, -0.05) is 41.4 Å². The van der Waals surface area contributed by atoms with E-state index in [0.29, 0.717) is 11.4 Å². The van der Waals surface area contributed by atoms with Crippen LogP contribution in [0.25, 0.3) is 0 Å². The fourth-order valence-electron chi connectivity index (χ4n) is 1.73. The van der Waals surface area contributed by atoms with Crippen LogP contribution < -0.4 is 10.7 Å². The lowest BCUT2D eigenvalue weighted by Gasteiger charge is -2.06. The minimum atomic E-state index is -0.541. The lowest BCUT2D eigenvalue weighted by molar-refractivity contribution is 0.252. The summed E-state index contributed by atoms with van der Waals surface area (Å²) in [5.74, 6) is -0.541. The van der Waals surface area contributed by atoms with Crippen LogP contribution in [0.4, 0.5) is 14.9 Å². The molecule has 0 spiro atoms. The second kappa shape index (κ2) is 7.04. The number of halogens is 2. The van der Waals surface area contributed by atoms with E-state index in [-0.39, 0.29) is 5.02 Å². The van der Waals surface area contributed by atoms with E-state index in [2.05, 4.69) is 15.8 Å². The molecule has 0 aromatic heterocycles. The third kappa shape index (κ3) is 4.30. The third-order valence-electron chi connectivity index (χ3n) is 2.97. The number of urea groups is 1. The molecule has 0 radical (unpaired) electrons. The van der Waals surface area contributed by atoms with Gasteiger partial charge in [0, 0.05) is 5.69 Å². The van der Waals surface area contributed by atoms with E-state index in [1.54, 1.807) is 6.92 Å². The fraction of sp³-hybridized carbons (Fsp3) is 0.125. The Hall–Kier alpha value is -2.40. The smallest absolute Gasteiger partial charge is 0.306 e. The molecular weight excluding hydrogens is 305 g/mol. The summed E-state index contributed by atoms with van der Waals surface area (Å²) in [6.45, 7) is 3.79. The average Bonchev–Trinajstić information content (AvgIpc) is 2.49. The van der Waals surface area contributed by atoms with Crippen molar-refractivity contribution in [1.29, 1.82) is 0 Å². The van der Waals surface area contributed by atoms with Gasteiger partial charge in [0.2, 0.25) is 0 Å². The van der Waals surface area contributed by atoms with E-state index < -0.39 is 11.8 Å². The standard InChI is InChI=1S/C16H15ClFN3O/c1-10-3-5-12(6-4-10)11(2)20-21-16(22)19-13-7-8-15(18)14(17)9-13/h3-9H,1-2H3,(H2,19,21,22)/b20-11+. The van der Waals surface area contributed by atoms with Crippen LogP contribution in [0.2, 0.25) is 5.02 Å². The van der Waals surface area contributed by atoms with Crippen LogP contribution in [-0.2, 0) is 0 Å². The van der Waals surface area contributed by atoms with Gasteiger partial charge in [-0.05, 0) is 37.6 Å². The van der Waals surface area contributed by atoms with Gasteiger partial charge in [0.15, 0.2) is 0 Å². The van der Waals surface area contributed by atoms with Gasteiger partial charge in [0.05, 0.1) is 10.7 Å². The van der Waals surface area contributed by atoms with Crippen LogP contribution in [0.3, 0.4) is 0 Å². The van der Waals surface area contributed by atoms with Gasteiger partial charge in [0.1, 0.15) is 5.82 Å². The van der Waals surface area contributed by atoms with Crippen molar-refractivity contribution < 1.29 is 9.18 Å². The van der Waals surface area contributed by atoms with E-state index in [1.807, 2.05) is 31.2 Å². The maximum Gasteiger partial charge on any atom is 0.339 e. The number of aryl methyl sites for hydroxylation is 1. The zero-order valence-corrected chi connectivity index (χ0v) is 12.9. The van der Waals surface area contributed by atoms with Crippen molar-refractivity contribution in [2.24, 2.45) is 5.10 Å². The Morgan fingerprint density at radius 2 is 1.86 bits per heavy atom. The zero-order valence-electron chi connectivity index (χ0n) is 12.2. The number of hydrogen-bond acceptors (Lipinski definition) is 2. The molecule has 0 saturated carbocycles. The predicted octanol–water partition coefficient (Wildman–Crippen LogP) is 4.33. The lowest BCUT2D eigenvalue weighted by atomic mass is 10.1. The van der Waals surface area contributed by atoms with Gasteiger partial charge in [-0.3, -0.25) is 0 Å². The first-order valence-corrected chi connectivity index (χ1v) is 6.97. The molecule has 0 aliphatic rings. The van der Waals surface area contributed by atoms with Crippen LogP contribution in [0.5, 0.6) is 0 Å². The monoisotopic (exact) mass is 319 g/mol. The number of benzene rings is 2. The van der Waals surface area contributed by atoms with E-state index in [9.17, 15) is 9.18 Å². The summed E-state index contributed by atoms with van der Waals surface area (Å²) in [4.78, 5) is 11.7. The molecule has 2 N–H and O–H groups in total. The molecule has 0 aliphatic heterocycles. The highest BCUT2D eigenvalue weighted by Gasteiger charge is 2.05. The number of nitrogens with zero attached hydrogens (tertiary/aromatic N) is 1. The van der Waals surface area contributed by atoms with Crippen LogP contribution >= 0.6 is 11.6 Å². The molecule has 6 heteroatoms. The molecule has 114 valence electrons. The number of nitrogens with one attached hydrogen (secondary N) is 2. The molecule has 22 heavy (non-hydrogen) atoms. The second-order valence-corrected chi connectivity index (χ2v) is 5.17. The summed E-state index contributed by atoms with van der Waals surface area (Å²) in [5, 5.41) is 6.47. The van der Waals surface area contributed by atoms with E-state index in [0.717, 1.165) is 11.1 Å². The summed E-state index contributed by atoms with van der Waals surface area (Å²) >= 11 is 5.64. The fourth-order valence-corrected chi connectivity index (χ4v) is 1.91. The summed E-state index contributed by atoms with van der Waals surface area (Å²) in [7, 11) is 0. The number of anilines is 1. The van der Waals surface area contributed by atoms with Crippen molar-refractivity contribution in [2.45, 2.75) is 13.8 Å². The lowest BCUT2D eigenvalue weighted by Crippen LogP contribution is -2.25. The van der Waals surface area contributed by atoms with Gasteiger partial charge >= 0.3 is 6.03 Å². The highest BCUT2D eigenvalue weighted by Crippen LogP contribution is 2.19. The number of carbonyl (C=O) groups is 1. The largest absolute Gasteiger partial charge is 0.339 e. The molecule has 0 atom stereocenters. The molecule has 2 rings (SSSR count). The van der Waals surface area contributed by atoms with Gasteiger partial charge in [-0.15, -0.1) is 0 Å².